The molecule has 0 spiro atoms. The first-order valence-corrected chi connectivity index (χ1v) is 8.74. The molecule has 0 aliphatic carbocycles. The van der Waals surface area contributed by atoms with Crippen molar-refractivity contribution in [3.63, 3.8) is 0 Å². The van der Waals surface area contributed by atoms with Crippen molar-refractivity contribution in [3.8, 4) is 0 Å². The summed E-state index contributed by atoms with van der Waals surface area (Å²) < 4.78 is 5.48. The minimum Gasteiger partial charge on any atom is -0.379 e. The molecule has 0 unspecified atom stereocenters. The lowest BCUT2D eigenvalue weighted by Gasteiger charge is -2.43. The third kappa shape index (κ3) is 3.65. The van der Waals surface area contributed by atoms with Gasteiger partial charge in [0.2, 0.25) is 0 Å². The van der Waals surface area contributed by atoms with Crippen LogP contribution < -0.4 is 0 Å². The van der Waals surface area contributed by atoms with Gasteiger partial charge in [0.05, 0.1) is 13.2 Å². The zero-order chi connectivity index (χ0) is 15.6. The predicted octanol–water partition coefficient (Wildman–Crippen LogP) is 3.24. The standard InChI is InChI=1S/C18H27ClN2O/c1-18(2,21-9-11-22-12-10-21)14-20-8-7-15(13-20)16-5-3-4-6-17(16)19/h3-6,15H,7-14H2,1-2H3/t15-/m0/s1. The van der Waals surface area contributed by atoms with Crippen LogP contribution in [0.4, 0.5) is 0 Å². The summed E-state index contributed by atoms with van der Waals surface area (Å²) in [5, 5.41) is 0.918. The van der Waals surface area contributed by atoms with Crippen LogP contribution in [0.25, 0.3) is 0 Å². The summed E-state index contributed by atoms with van der Waals surface area (Å²) in [5.41, 5.74) is 1.52. The second-order valence-electron chi connectivity index (χ2n) is 7.15. The minimum absolute atomic E-state index is 0.207. The normalized spacial score (nSPS) is 24.8. The maximum atomic E-state index is 6.37. The average Bonchev–Trinajstić information content (AvgIpc) is 2.96. The first-order valence-electron chi connectivity index (χ1n) is 8.36. The van der Waals surface area contributed by atoms with Crippen LogP contribution in [-0.4, -0.2) is 61.3 Å². The number of nitrogens with zero attached hydrogens (tertiary/aromatic N) is 2. The van der Waals surface area contributed by atoms with Crippen LogP contribution in [-0.2, 0) is 4.74 Å². The van der Waals surface area contributed by atoms with E-state index in [1.165, 1.54) is 18.5 Å². The highest BCUT2D eigenvalue weighted by molar-refractivity contribution is 6.31. The molecule has 22 heavy (non-hydrogen) atoms. The van der Waals surface area contributed by atoms with Crippen molar-refractivity contribution in [3.05, 3.63) is 34.9 Å². The molecule has 2 saturated heterocycles. The fraction of sp³-hybridized carbons (Fsp3) is 0.667. The zero-order valence-electron chi connectivity index (χ0n) is 13.7. The van der Waals surface area contributed by atoms with E-state index < -0.39 is 0 Å². The lowest BCUT2D eigenvalue weighted by Crippen LogP contribution is -2.55. The number of hydrogen-bond acceptors (Lipinski definition) is 3. The van der Waals surface area contributed by atoms with E-state index in [4.69, 9.17) is 16.3 Å². The Balaban J connectivity index is 1.59. The smallest absolute Gasteiger partial charge is 0.0594 e. The topological polar surface area (TPSA) is 15.7 Å². The predicted molar refractivity (Wildman–Crippen MR) is 91.7 cm³/mol. The Morgan fingerprint density at radius 2 is 1.91 bits per heavy atom. The van der Waals surface area contributed by atoms with Crippen LogP contribution in [0.15, 0.2) is 24.3 Å². The highest BCUT2D eigenvalue weighted by Gasteiger charge is 2.33. The summed E-state index contributed by atoms with van der Waals surface area (Å²) in [7, 11) is 0. The third-order valence-electron chi connectivity index (χ3n) is 5.10. The molecule has 2 heterocycles. The van der Waals surface area contributed by atoms with E-state index in [-0.39, 0.29) is 5.54 Å². The van der Waals surface area contributed by atoms with Gasteiger partial charge in [-0.3, -0.25) is 4.90 Å². The summed E-state index contributed by atoms with van der Waals surface area (Å²) >= 11 is 6.37. The van der Waals surface area contributed by atoms with Crippen molar-refractivity contribution < 1.29 is 4.74 Å². The molecule has 2 fully saturated rings. The van der Waals surface area contributed by atoms with Gasteiger partial charge in [-0.1, -0.05) is 29.8 Å². The number of rotatable bonds is 4. The van der Waals surface area contributed by atoms with Crippen molar-refractivity contribution in [2.24, 2.45) is 0 Å². The van der Waals surface area contributed by atoms with Gasteiger partial charge in [0, 0.05) is 36.7 Å². The minimum atomic E-state index is 0.207. The third-order valence-corrected chi connectivity index (χ3v) is 5.44. The Kier molecular flexibility index (Phi) is 5.08. The zero-order valence-corrected chi connectivity index (χ0v) is 14.5. The second kappa shape index (κ2) is 6.88. The molecular weight excluding hydrogens is 296 g/mol. The molecule has 2 aliphatic heterocycles. The fourth-order valence-electron chi connectivity index (χ4n) is 3.85. The van der Waals surface area contributed by atoms with E-state index >= 15 is 0 Å². The van der Waals surface area contributed by atoms with Gasteiger partial charge in [0.15, 0.2) is 0 Å². The van der Waals surface area contributed by atoms with Crippen LogP contribution in [0, 0.1) is 0 Å². The SMILES string of the molecule is CC(C)(CN1CC[C@H](c2ccccc2Cl)C1)N1CCOCC1. The fourth-order valence-corrected chi connectivity index (χ4v) is 4.14. The summed E-state index contributed by atoms with van der Waals surface area (Å²) in [6.45, 7) is 12.0. The van der Waals surface area contributed by atoms with Gasteiger partial charge in [-0.2, -0.15) is 0 Å². The van der Waals surface area contributed by atoms with Gasteiger partial charge < -0.3 is 9.64 Å². The highest BCUT2D eigenvalue weighted by Crippen LogP contribution is 2.33. The van der Waals surface area contributed by atoms with Crippen LogP contribution in [0.2, 0.25) is 5.02 Å². The lowest BCUT2D eigenvalue weighted by molar-refractivity contribution is -0.0197. The van der Waals surface area contributed by atoms with E-state index in [1.54, 1.807) is 0 Å². The van der Waals surface area contributed by atoms with Crippen molar-refractivity contribution in [1.82, 2.24) is 9.80 Å². The van der Waals surface area contributed by atoms with Gasteiger partial charge in [0.1, 0.15) is 0 Å². The second-order valence-corrected chi connectivity index (χ2v) is 7.56. The molecule has 3 rings (SSSR count). The Labute approximate surface area is 139 Å². The number of morpholine rings is 1. The van der Waals surface area contributed by atoms with E-state index in [0.717, 1.165) is 44.4 Å². The van der Waals surface area contributed by atoms with Gasteiger partial charge in [-0.15, -0.1) is 0 Å². The number of halogens is 1. The van der Waals surface area contributed by atoms with Gasteiger partial charge in [-0.25, -0.2) is 0 Å². The number of likely N-dealkylation sites (tertiary alicyclic amines) is 1. The monoisotopic (exact) mass is 322 g/mol. The van der Waals surface area contributed by atoms with E-state index in [9.17, 15) is 0 Å². The van der Waals surface area contributed by atoms with Crippen molar-refractivity contribution in [1.29, 1.82) is 0 Å². The summed E-state index contributed by atoms with van der Waals surface area (Å²) in [6, 6.07) is 8.31. The Morgan fingerprint density at radius 1 is 1.18 bits per heavy atom. The first-order chi connectivity index (χ1) is 10.6. The molecule has 1 aromatic carbocycles. The van der Waals surface area contributed by atoms with Crippen molar-refractivity contribution >= 4 is 11.6 Å². The number of hydrogen-bond donors (Lipinski definition) is 0. The summed E-state index contributed by atoms with van der Waals surface area (Å²) in [5.74, 6) is 0.578. The van der Waals surface area contributed by atoms with Crippen LogP contribution in [0.3, 0.4) is 0 Å². The van der Waals surface area contributed by atoms with E-state index in [2.05, 4.69) is 35.8 Å². The molecule has 0 N–H and O–H groups in total. The molecule has 122 valence electrons. The van der Waals surface area contributed by atoms with Gasteiger partial charge in [0.25, 0.3) is 0 Å². The Hall–Kier alpha value is -0.610. The van der Waals surface area contributed by atoms with Crippen LogP contribution in [0.5, 0.6) is 0 Å². The number of ether oxygens (including phenoxy) is 1. The summed E-state index contributed by atoms with van der Waals surface area (Å²) in [4.78, 5) is 5.17. The molecule has 0 saturated carbocycles. The van der Waals surface area contributed by atoms with Crippen LogP contribution in [0.1, 0.15) is 31.7 Å². The maximum Gasteiger partial charge on any atom is 0.0594 e. The molecule has 4 heteroatoms. The molecule has 2 aliphatic rings. The molecule has 0 bridgehead atoms. The van der Waals surface area contributed by atoms with E-state index in [1.807, 2.05) is 12.1 Å². The average molecular weight is 323 g/mol. The molecule has 0 radical (unpaired) electrons. The molecule has 0 aromatic heterocycles. The Morgan fingerprint density at radius 3 is 2.64 bits per heavy atom. The Bertz CT molecular complexity index is 500. The maximum absolute atomic E-state index is 6.37. The van der Waals surface area contributed by atoms with Crippen molar-refractivity contribution in [2.75, 3.05) is 45.9 Å². The van der Waals surface area contributed by atoms with Gasteiger partial charge >= 0.3 is 0 Å². The van der Waals surface area contributed by atoms with Crippen molar-refractivity contribution in [2.45, 2.75) is 31.7 Å². The lowest BCUT2D eigenvalue weighted by atomic mass is 9.98. The quantitative estimate of drug-likeness (QED) is 0.846. The summed E-state index contributed by atoms with van der Waals surface area (Å²) in [6.07, 6.45) is 1.21. The number of benzene rings is 1. The first kappa shape index (κ1) is 16.3. The molecule has 0 amide bonds. The highest BCUT2D eigenvalue weighted by atomic mass is 35.5. The molecule has 3 nitrogen and oxygen atoms in total. The van der Waals surface area contributed by atoms with Gasteiger partial charge in [-0.05, 0) is 44.4 Å². The molecular formula is C18H27ClN2O. The van der Waals surface area contributed by atoms with E-state index in [0.29, 0.717) is 5.92 Å². The largest absolute Gasteiger partial charge is 0.379 e. The molecule has 1 aromatic rings. The van der Waals surface area contributed by atoms with Crippen LogP contribution >= 0.6 is 11.6 Å². The molecule has 1 atom stereocenters.